The first-order valence-corrected chi connectivity index (χ1v) is 7.16. The third kappa shape index (κ3) is 4.35. The fourth-order valence-electron chi connectivity index (χ4n) is 2.19. The summed E-state index contributed by atoms with van der Waals surface area (Å²) in [4.78, 5) is 23.4. The van der Waals surface area contributed by atoms with Crippen molar-refractivity contribution in [3.05, 3.63) is 58.0 Å². The van der Waals surface area contributed by atoms with Crippen LogP contribution in [0, 0.1) is 0 Å². The van der Waals surface area contributed by atoms with E-state index in [1.54, 1.807) is 45.7 Å². The summed E-state index contributed by atoms with van der Waals surface area (Å²) in [5.74, 6) is 1.11. The predicted molar refractivity (Wildman–Crippen MR) is 86.8 cm³/mol. The molecule has 23 heavy (non-hydrogen) atoms. The first-order valence-electron chi connectivity index (χ1n) is 7.16. The normalized spacial score (nSPS) is 10.2. The number of rotatable bonds is 6. The standard InChI is InChI=1S/C17H20N2O4/c1-19-11-13(5-7-17(19)21)10-18-16(20)9-12-4-6-14(22-2)15(8-12)23-3/h4-8,11H,9-10H2,1-3H3,(H,18,20). The lowest BCUT2D eigenvalue weighted by atomic mass is 10.1. The van der Waals surface area contributed by atoms with E-state index in [4.69, 9.17) is 9.47 Å². The van der Waals surface area contributed by atoms with Gasteiger partial charge in [-0.3, -0.25) is 9.59 Å². The Morgan fingerprint density at radius 1 is 1.09 bits per heavy atom. The molecule has 0 radical (unpaired) electrons. The molecule has 0 saturated carbocycles. The van der Waals surface area contributed by atoms with Gasteiger partial charge >= 0.3 is 0 Å². The molecular weight excluding hydrogens is 296 g/mol. The van der Waals surface area contributed by atoms with Crippen molar-refractivity contribution in [3.63, 3.8) is 0 Å². The van der Waals surface area contributed by atoms with Crippen LogP contribution < -0.4 is 20.3 Å². The molecule has 6 heteroatoms. The summed E-state index contributed by atoms with van der Waals surface area (Å²) in [6.45, 7) is 0.375. The van der Waals surface area contributed by atoms with Crippen LogP contribution in [0.25, 0.3) is 0 Å². The Kier molecular flexibility index (Phi) is 5.41. The summed E-state index contributed by atoms with van der Waals surface area (Å²) in [7, 11) is 4.80. The maximum absolute atomic E-state index is 12.0. The first kappa shape index (κ1) is 16.6. The molecule has 1 aromatic heterocycles. The Labute approximate surface area is 134 Å². The molecule has 0 aliphatic rings. The van der Waals surface area contributed by atoms with Crippen LogP contribution in [0.2, 0.25) is 0 Å². The van der Waals surface area contributed by atoms with Gasteiger partial charge in [0.15, 0.2) is 11.5 Å². The number of pyridine rings is 1. The van der Waals surface area contributed by atoms with Crippen LogP contribution in [0.1, 0.15) is 11.1 Å². The highest BCUT2D eigenvalue weighted by atomic mass is 16.5. The smallest absolute Gasteiger partial charge is 0.250 e. The summed E-state index contributed by atoms with van der Waals surface area (Å²) in [5.41, 5.74) is 1.62. The molecule has 0 saturated heterocycles. The van der Waals surface area contributed by atoms with E-state index in [1.165, 1.54) is 10.6 Å². The van der Waals surface area contributed by atoms with Gasteiger partial charge in [-0.1, -0.05) is 12.1 Å². The molecular formula is C17H20N2O4. The maximum Gasteiger partial charge on any atom is 0.250 e. The number of carbonyl (C=O) groups is 1. The van der Waals surface area contributed by atoms with Gasteiger partial charge in [0.25, 0.3) is 0 Å². The topological polar surface area (TPSA) is 69.6 Å². The monoisotopic (exact) mass is 316 g/mol. The zero-order valence-corrected chi connectivity index (χ0v) is 13.5. The summed E-state index contributed by atoms with van der Waals surface area (Å²) >= 11 is 0. The largest absolute Gasteiger partial charge is 0.493 e. The number of aromatic nitrogens is 1. The van der Waals surface area contributed by atoms with Crippen molar-refractivity contribution in [3.8, 4) is 11.5 Å². The first-order chi connectivity index (χ1) is 11.0. The Hall–Kier alpha value is -2.76. The second kappa shape index (κ2) is 7.49. The number of benzene rings is 1. The zero-order chi connectivity index (χ0) is 16.8. The minimum absolute atomic E-state index is 0.0783. The molecule has 2 aromatic rings. The molecule has 0 bridgehead atoms. The minimum Gasteiger partial charge on any atom is -0.493 e. The van der Waals surface area contributed by atoms with Gasteiger partial charge in [0.1, 0.15) is 0 Å². The van der Waals surface area contributed by atoms with Crippen LogP contribution in [-0.2, 0) is 24.8 Å². The fraction of sp³-hybridized carbons (Fsp3) is 0.294. The highest BCUT2D eigenvalue weighted by molar-refractivity contribution is 5.78. The number of hydrogen-bond donors (Lipinski definition) is 1. The molecule has 0 unspecified atom stereocenters. The maximum atomic E-state index is 12.0. The van der Waals surface area contributed by atoms with Gasteiger partial charge in [0, 0.05) is 25.9 Å². The number of ether oxygens (including phenoxy) is 2. The molecule has 0 atom stereocenters. The summed E-state index contributed by atoms with van der Waals surface area (Å²) < 4.78 is 11.9. The van der Waals surface area contributed by atoms with Crippen molar-refractivity contribution in [2.75, 3.05) is 14.2 Å². The van der Waals surface area contributed by atoms with Crippen LogP contribution in [-0.4, -0.2) is 24.7 Å². The van der Waals surface area contributed by atoms with Crippen molar-refractivity contribution in [1.29, 1.82) is 0 Å². The predicted octanol–water partition coefficient (Wildman–Crippen LogP) is 1.26. The highest BCUT2D eigenvalue weighted by Crippen LogP contribution is 2.27. The van der Waals surface area contributed by atoms with Crippen LogP contribution in [0.15, 0.2) is 41.3 Å². The van der Waals surface area contributed by atoms with E-state index in [1.807, 2.05) is 6.07 Å². The molecule has 1 N–H and O–H groups in total. The highest BCUT2D eigenvalue weighted by Gasteiger charge is 2.08. The third-order valence-corrected chi connectivity index (χ3v) is 3.45. The lowest BCUT2D eigenvalue weighted by molar-refractivity contribution is -0.120. The molecule has 0 aliphatic carbocycles. The van der Waals surface area contributed by atoms with Gasteiger partial charge in [0.2, 0.25) is 11.5 Å². The van der Waals surface area contributed by atoms with Crippen LogP contribution in [0.5, 0.6) is 11.5 Å². The molecule has 0 aliphatic heterocycles. The van der Waals surface area contributed by atoms with Gasteiger partial charge < -0.3 is 19.4 Å². The van der Waals surface area contributed by atoms with Crippen molar-refractivity contribution < 1.29 is 14.3 Å². The lowest BCUT2D eigenvalue weighted by Gasteiger charge is -2.10. The van der Waals surface area contributed by atoms with Crippen LogP contribution >= 0.6 is 0 Å². The second-order valence-electron chi connectivity index (χ2n) is 5.13. The van der Waals surface area contributed by atoms with Crippen LogP contribution in [0.3, 0.4) is 0 Å². The molecule has 6 nitrogen and oxygen atoms in total. The molecule has 1 amide bonds. The van der Waals surface area contributed by atoms with Crippen molar-refractivity contribution in [2.45, 2.75) is 13.0 Å². The van der Waals surface area contributed by atoms with E-state index in [0.29, 0.717) is 18.0 Å². The molecule has 2 rings (SSSR count). The third-order valence-electron chi connectivity index (χ3n) is 3.45. The number of methoxy groups -OCH3 is 2. The summed E-state index contributed by atoms with van der Waals surface area (Å²) in [5, 5.41) is 2.83. The Morgan fingerprint density at radius 3 is 2.43 bits per heavy atom. The van der Waals surface area contributed by atoms with Gasteiger partial charge in [-0.05, 0) is 23.3 Å². The number of carbonyl (C=O) groups excluding carboxylic acids is 1. The van der Waals surface area contributed by atoms with E-state index in [9.17, 15) is 9.59 Å². The average Bonchev–Trinajstić information content (AvgIpc) is 2.55. The summed E-state index contributed by atoms with van der Waals surface area (Å²) in [6.07, 6.45) is 1.95. The number of hydrogen-bond acceptors (Lipinski definition) is 4. The van der Waals surface area contributed by atoms with Gasteiger partial charge in [-0.2, -0.15) is 0 Å². The molecule has 0 spiro atoms. The lowest BCUT2D eigenvalue weighted by Crippen LogP contribution is -2.25. The Morgan fingerprint density at radius 2 is 1.78 bits per heavy atom. The average molecular weight is 316 g/mol. The second-order valence-corrected chi connectivity index (χ2v) is 5.13. The SMILES string of the molecule is COc1ccc(CC(=O)NCc2ccc(=O)n(C)c2)cc1OC. The molecule has 1 aromatic carbocycles. The number of amides is 1. The quantitative estimate of drug-likeness (QED) is 0.871. The van der Waals surface area contributed by atoms with Gasteiger partial charge in [-0.25, -0.2) is 0 Å². The Balaban J connectivity index is 1.96. The van der Waals surface area contributed by atoms with Gasteiger partial charge in [0.05, 0.1) is 20.6 Å². The van der Waals surface area contributed by atoms with E-state index in [0.717, 1.165) is 11.1 Å². The molecule has 122 valence electrons. The Bertz CT molecular complexity index is 752. The minimum atomic E-state index is -0.105. The zero-order valence-electron chi connectivity index (χ0n) is 13.5. The fourth-order valence-corrected chi connectivity index (χ4v) is 2.19. The van der Waals surface area contributed by atoms with Crippen molar-refractivity contribution in [1.82, 2.24) is 9.88 Å². The van der Waals surface area contributed by atoms with E-state index < -0.39 is 0 Å². The van der Waals surface area contributed by atoms with Crippen LogP contribution in [0.4, 0.5) is 0 Å². The van der Waals surface area contributed by atoms with Crippen molar-refractivity contribution >= 4 is 5.91 Å². The van der Waals surface area contributed by atoms with Crippen molar-refractivity contribution in [2.24, 2.45) is 7.05 Å². The summed E-state index contributed by atoms with van der Waals surface area (Å²) in [6, 6.07) is 8.57. The molecule has 0 fully saturated rings. The number of nitrogens with zero attached hydrogens (tertiary/aromatic N) is 1. The number of aryl methyl sites for hydroxylation is 1. The van der Waals surface area contributed by atoms with E-state index >= 15 is 0 Å². The van der Waals surface area contributed by atoms with E-state index in [2.05, 4.69) is 5.32 Å². The van der Waals surface area contributed by atoms with Gasteiger partial charge in [-0.15, -0.1) is 0 Å². The molecule has 1 heterocycles. The number of nitrogens with one attached hydrogen (secondary N) is 1. The van der Waals surface area contributed by atoms with E-state index in [-0.39, 0.29) is 17.9 Å².